The third-order valence-corrected chi connectivity index (χ3v) is 4.40. The summed E-state index contributed by atoms with van der Waals surface area (Å²) in [5.41, 5.74) is -0.392. The average Bonchev–Trinajstić information content (AvgIpc) is 2.46. The Morgan fingerprint density at radius 1 is 1.09 bits per heavy atom. The Morgan fingerprint density at radius 3 is 2.35 bits per heavy atom. The van der Waals surface area contributed by atoms with Gasteiger partial charge in [0.25, 0.3) is 10.0 Å². The van der Waals surface area contributed by atoms with E-state index in [1.165, 1.54) is 19.1 Å². The zero-order chi connectivity index (χ0) is 17.4. The minimum Gasteiger partial charge on any atom is -0.478 e. The van der Waals surface area contributed by atoms with E-state index in [4.69, 9.17) is 5.11 Å². The lowest BCUT2D eigenvalue weighted by molar-refractivity contribution is 0.0698. The minimum atomic E-state index is -4.66. The molecule has 23 heavy (non-hydrogen) atoms. The first kappa shape index (κ1) is 16.8. The first-order valence-corrected chi connectivity index (χ1v) is 7.62. The molecule has 5 nitrogen and oxygen atoms in total. The lowest BCUT2D eigenvalue weighted by atomic mass is 10.1. The van der Waals surface area contributed by atoms with Crippen molar-refractivity contribution in [1.82, 2.24) is 0 Å². The number of anilines is 1. The third kappa shape index (κ3) is 3.14. The molecule has 0 aliphatic carbocycles. The van der Waals surface area contributed by atoms with E-state index >= 15 is 0 Å². The molecule has 0 atom stereocenters. The molecule has 0 heterocycles. The van der Waals surface area contributed by atoms with E-state index in [2.05, 4.69) is 0 Å². The molecule has 2 rings (SSSR count). The molecular weight excluding hydrogens is 335 g/mol. The number of hydrogen-bond donors (Lipinski definition) is 2. The van der Waals surface area contributed by atoms with Gasteiger partial charge < -0.3 is 5.11 Å². The number of carboxylic acid groups (broad SMARTS) is 1. The van der Waals surface area contributed by atoms with Gasteiger partial charge in [0.15, 0.2) is 17.5 Å². The molecule has 0 bridgehead atoms. The Labute approximate surface area is 129 Å². The van der Waals surface area contributed by atoms with Crippen LogP contribution in [0.25, 0.3) is 0 Å². The van der Waals surface area contributed by atoms with E-state index in [-0.39, 0.29) is 16.8 Å². The van der Waals surface area contributed by atoms with Crippen molar-refractivity contribution in [2.75, 3.05) is 4.72 Å². The summed E-state index contributed by atoms with van der Waals surface area (Å²) in [4.78, 5) is 10.0. The second-order valence-corrected chi connectivity index (χ2v) is 6.23. The summed E-state index contributed by atoms with van der Waals surface area (Å²) >= 11 is 0. The smallest absolute Gasteiger partial charge is 0.337 e. The third-order valence-electron chi connectivity index (χ3n) is 3.03. The van der Waals surface area contributed by atoms with Crippen LogP contribution in [0.3, 0.4) is 0 Å². The molecular formula is C14H10F3NO4S. The fourth-order valence-corrected chi connectivity index (χ4v) is 3.11. The summed E-state index contributed by atoms with van der Waals surface area (Å²) < 4.78 is 66.0. The van der Waals surface area contributed by atoms with Gasteiger partial charge in [0.2, 0.25) is 0 Å². The van der Waals surface area contributed by atoms with Crippen LogP contribution < -0.4 is 4.72 Å². The Bertz CT molecular complexity index is 897. The van der Waals surface area contributed by atoms with Crippen molar-refractivity contribution in [2.45, 2.75) is 11.8 Å². The van der Waals surface area contributed by atoms with Crippen LogP contribution in [0, 0.1) is 24.4 Å². The predicted molar refractivity (Wildman–Crippen MR) is 75.3 cm³/mol. The van der Waals surface area contributed by atoms with Gasteiger partial charge in [-0.2, -0.15) is 0 Å². The Hall–Kier alpha value is -2.55. The fraction of sp³-hybridized carbons (Fsp3) is 0.0714. The molecule has 0 saturated carbocycles. The number of sulfonamides is 1. The molecule has 0 aliphatic heterocycles. The van der Waals surface area contributed by atoms with Crippen molar-refractivity contribution in [3.63, 3.8) is 0 Å². The van der Waals surface area contributed by atoms with Gasteiger partial charge in [-0.15, -0.1) is 0 Å². The van der Waals surface area contributed by atoms with Crippen LogP contribution in [0.2, 0.25) is 0 Å². The molecule has 0 radical (unpaired) electrons. The second-order valence-electron chi connectivity index (χ2n) is 4.58. The maximum atomic E-state index is 13.7. The van der Waals surface area contributed by atoms with Crippen LogP contribution in [0.4, 0.5) is 18.9 Å². The standard InChI is InChI=1S/C14H10F3NO4S/c1-7-3-2-4-8(14(19)20)13(7)18-23(21,22)10-6-5-9(15)11(16)12(10)17/h2-6,18H,1H3,(H,19,20). The summed E-state index contributed by atoms with van der Waals surface area (Å²) in [5, 5.41) is 9.07. The van der Waals surface area contributed by atoms with Crippen LogP contribution in [0.15, 0.2) is 35.2 Å². The number of aryl methyl sites for hydroxylation is 1. The van der Waals surface area contributed by atoms with E-state index < -0.39 is 38.3 Å². The Kier molecular flexibility index (Phi) is 4.33. The largest absolute Gasteiger partial charge is 0.478 e. The molecule has 0 aliphatic rings. The van der Waals surface area contributed by atoms with E-state index in [1.54, 1.807) is 0 Å². The molecule has 9 heteroatoms. The number of hydrogen-bond acceptors (Lipinski definition) is 3. The lowest BCUT2D eigenvalue weighted by Crippen LogP contribution is -2.18. The molecule has 2 aromatic carbocycles. The van der Waals surface area contributed by atoms with Gasteiger partial charge in [0.1, 0.15) is 4.90 Å². The van der Waals surface area contributed by atoms with Gasteiger partial charge in [-0.1, -0.05) is 12.1 Å². The molecule has 2 N–H and O–H groups in total. The van der Waals surface area contributed by atoms with Gasteiger partial charge in [-0.3, -0.25) is 4.72 Å². The maximum absolute atomic E-state index is 13.7. The topological polar surface area (TPSA) is 83.5 Å². The number of para-hydroxylation sites is 1. The quantitative estimate of drug-likeness (QED) is 0.835. The number of aromatic carboxylic acids is 1. The minimum absolute atomic E-state index is 0.261. The maximum Gasteiger partial charge on any atom is 0.337 e. The van der Waals surface area contributed by atoms with Gasteiger partial charge in [-0.05, 0) is 30.7 Å². The molecule has 2 aromatic rings. The van der Waals surface area contributed by atoms with Crippen LogP contribution >= 0.6 is 0 Å². The monoisotopic (exact) mass is 345 g/mol. The summed E-state index contributed by atoms with van der Waals surface area (Å²) in [6.45, 7) is 1.44. The van der Waals surface area contributed by atoms with Crippen molar-refractivity contribution in [3.05, 3.63) is 58.9 Å². The van der Waals surface area contributed by atoms with Crippen molar-refractivity contribution >= 4 is 21.7 Å². The first-order chi connectivity index (χ1) is 10.6. The van der Waals surface area contributed by atoms with Crippen molar-refractivity contribution < 1.29 is 31.5 Å². The second kappa shape index (κ2) is 5.92. The van der Waals surface area contributed by atoms with E-state index in [0.29, 0.717) is 12.1 Å². The van der Waals surface area contributed by atoms with Crippen LogP contribution in [0.5, 0.6) is 0 Å². The van der Waals surface area contributed by atoms with E-state index in [1.807, 2.05) is 4.72 Å². The summed E-state index contributed by atoms with van der Waals surface area (Å²) in [5.74, 6) is -6.76. The number of rotatable bonds is 4. The number of carboxylic acids is 1. The predicted octanol–water partition coefficient (Wildman–Crippen LogP) is 2.91. The van der Waals surface area contributed by atoms with Crippen LogP contribution in [0.1, 0.15) is 15.9 Å². The van der Waals surface area contributed by atoms with Gasteiger partial charge in [-0.25, -0.2) is 26.4 Å². The Balaban J connectivity index is 2.57. The highest BCUT2D eigenvalue weighted by Crippen LogP contribution is 2.26. The highest BCUT2D eigenvalue weighted by Gasteiger charge is 2.26. The molecule has 0 aromatic heterocycles. The van der Waals surface area contributed by atoms with Gasteiger partial charge in [0, 0.05) is 0 Å². The number of nitrogens with one attached hydrogen (secondary N) is 1. The van der Waals surface area contributed by atoms with E-state index in [0.717, 1.165) is 6.07 Å². The van der Waals surface area contributed by atoms with Gasteiger partial charge >= 0.3 is 5.97 Å². The molecule has 0 fully saturated rings. The molecule has 0 spiro atoms. The van der Waals surface area contributed by atoms with Crippen LogP contribution in [-0.2, 0) is 10.0 Å². The number of carbonyl (C=O) groups is 1. The summed E-state index contributed by atoms with van der Waals surface area (Å²) in [7, 11) is -4.66. The van der Waals surface area contributed by atoms with Crippen molar-refractivity contribution in [2.24, 2.45) is 0 Å². The fourth-order valence-electron chi connectivity index (χ4n) is 1.89. The molecule has 0 saturated heterocycles. The normalized spacial score (nSPS) is 11.3. The number of halogens is 3. The zero-order valence-electron chi connectivity index (χ0n) is 11.6. The Morgan fingerprint density at radius 2 is 1.74 bits per heavy atom. The molecule has 0 amide bonds. The van der Waals surface area contributed by atoms with Gasteiger partial charge in [0.05, 0.1) is 11.3 Å². The first-order valence-electron chi connectivity index (χ1n) is 6.14. The molecule has 122 valence electrons. The number of benzene rings is 2. The SMILES string of the molecule is Cc1cccc(C(=O)O)c1NS(=O)(=O)c1ccc(F)c(F)c1F. The zero-order valence-corrected chi connectivity index (χ0v) is 12.4. The van der Waals surface area contributed by atoms with Crippen LogP contribution in [-0.4, -0.2) is 19.5 Å². The van der Waals surface area contributed by atoms with Crippen molar-refractivity contribution in [3.8, 4) is 0 Å². The lowest BCUT2D eigenvalue weighted by Gasteiger charge is -2.13. The highest BCUT2D eigenvalue weighted by atomic mass is 32.2. The summed E-state index contributed by atoms with van der Waals surface area (Å²) in [6, 6.07) is 4.99. The van der Waals surface area contributed by atoms with E-state index in [9.17, 15) is 26.4 Å². The highest BCUT2D eigenvalue weighted by molar-refractivity contribution is 7.92. The molecule has 0 unspecified atom stereocenters. The van der Waals surface area contributed by atoms with Crippen molar-refractivity contribution in [1.29, 1.82) is 0 Å². The summed E-state index contributed by atoms with van der Waals surface area (Å²) in [6.07, 6.45) is 0. The average molecular weight is 345 g/mol.